The number of likely N-dealkylation sites (N-methyl/N-ethyl adjacent to an activating group) is 1. The van der Waals surface area contributed by atoms with E-state index in [-0.39, 0.29) is 28.8 Å². The molecule has 2 aromatic heterocycles. The van der Waals surface area contributed by atoms with E-state index >= 15 is 8.78 Å². The molecule has 1 aliphatic heterocycles. The summed E-state index contributed by atoms with van der Waals surface area (Å²) in [5.74, 6) is -0.599. The molecule has 0 radical (unpaired) electrons. The highest BCUT2D eigenvalue weighted by Gasteiger charge is 2.28. The zero-order valence-electron chi connectivity index (χ0n) is 34.1. The average molecular weight is 798 g/mol. The molecule has 1 unspecified atom stereocenters. The standard InChI is InChI=1S/C54H41F2N5/c1-6-8-13-35-19-23-42(34(4)33(35)3)43(12-7-2)39-21-25-46(48(55)31-39)53-58-52(41-18-17-36-14-9-10-15-38(36)30-41)59-54(60-53)47-26-22-40(32-49(47)56)44-27-28-57-50-45(44)24-20-37-16-11-29-61(5)51(37)50/h6-32,51H,2-3H2,1,4-5H3/b8-6-,35-13-,43-12-. The van der Waals surface area contributed by atoms with Crippen molar-refractivity contribution in [1.29, 1.82) is 0 Å². The van der Waals surface area contributed by atoms with Gasteiger partial charge in [-0.3, -0.25) is 4.98 Å². The summed E-state index contributed by atoms with van der Waals surface area (Å²) in [6.45, 7) is 12.3. The van der Waals surface area contributed by atoms with E-state index in [1.54, 1.807) is 24.4 Å². The van der Waals surface area contributed by atoms with Crippen molar-refractivity contribution >= 4 is 35.1 Å². The van der Waals surface area contributed by atoms with Crippen molar-refractivity contribution in [2.45, 2.75) is 19.9 Å². The molecule has 0 saturated heterocycles. The average Bonchev–Trinajstić information content (AvgIpc) is 3.28. The lowest BCUT2D eigenvalue weighted by Gasteiger charge is -2.33. The Labute approximate surface area is 353 Å². The molecule has 0 fully saturated rings. The summed E-state index contributed by atoms with van der Waals surface area (Å²) in [6.07, 6.45) is 21.6. The molecule has 61 heavy (non-hydrogen) atoms. The molecular formula is C54H41F2N5. The lowest BCUT2D eigenvalue weighted by molar-refractivity contribution is 0.370. The fraction of sp³-hybridized carbons (Fsp3) is 0.0741. The molecular weight excluding hydrogens is 757 g/mol. The van der Waals surface area contributed by atoms with E-state index in [1.807, 2.05) is 136 Å². The van der Waals surface area contributed by atoms with Gasteiger partial charge in [-0.2, -0.15) is 0 Å². The number of hydrogen-bond donors (Lipinski definition) is 0. The second kappa shape index (κ2) is 16.2. The van der Waals surface area contributed by atoms with Crippen molar-refractivity contribution in [3.63, 3.8) is 0 Å². The van der Waals surface area contributed by atoms with E-state index in [1.165, 1.54) is 12.1 Å². The Balaban J connectivity index is 1.14. The second-order valence-corrected chi connectivity index (χ2v) is 15.1. The van der Waals surface area contributed by atoms with Gasteiger partial charge in [0.1, 0.15) is 11.6 Å². The van der Waals surface area contributed by atoms with Crippen molar-refractivity contribution in [2.24, 2.45) is 0 Å². The van der Waals surface area contributed by atoms with Gasteiger partial charge in [0.15, 0.2) is 17.5 Å². The van der Waals surface area contributed by atoms with Crippen LogP contribution in [0.15, 0.2) is 164 Å². The Morgan fingerprint density at radius 2 is 1.51 bits per heavy atom. The van der Waals surface area contributed by atoms with Crippen LogP contribution in [0.1, 0.15) is 40.9 Å². The van der Waals surface area contributed by atoms with Crippen molar-refractivity contribution in [1.82, 2.24) is 24.8 Å². The first-order chi connectivity index (χ1) is 29.7. The van der Waals surface area contributed by atoms with Crippen molar-refractivity contribution < 1.29 is 8.78 Å². The number of rotatable bonds is 8. The molecule has 0 N–H and O–H groups in total. The van der Waals surface area contributed by atoms with Gasteiger partial charge in [0.2, 0.25) is 0 Å². The van der Waals surface area contributed by atoms with Gasteiger partial charge in [0.25, 0.3) is 0 Å². The number of hydrogen-bond acceptors (Lipinski definition) is 5. The van der Waals surface area contributed by atoms with E-state index in [4.69, 9.17) is 19.9 Å². The topological polar surface area (TPSA) is 54.8 Å². The molecule has 3 heterocycles. The maximum Gasteiger partial charge on any atom is 0.167 e. The molecule has 1 atom stereocenters. The minimum atomic E-state index is -0.539. The summed E-state index contributed by atoms with van der Waals surface area (Å²) in [5.41, 5.74) is 8.87. The van der Waals surface area contributed by atoms with Gasteiger partial charge in [-0.25, -0.2) is 23.7 Å². The fourth-order valence-corrected chi connectivity index (χ4v) is 8.20. The number of nitrogens with zero attached hydrogens (tertiary/aromatic N) is 5. The summed E-state index contributed by atoms with van der Waals surface area (Å²) < 4.78 is 33.2. The second-order valence-electron chi connectivity index (χ2n) is 15.1. The molecule has 296 valence electrons. The number of pyridine rings is 1. The largest absolute Gasteiger partial charge is 0.368 e. The van der Waals surface area contributed by atoms with Crippen LogP contribution >= 0.6 is 0 Å². The number of fused-ring (bicyclic) bond motifs is 4. The van der Waals surface area contributed by atoms with Crippen LogP contribution < -0.4 is 10.4 Å². The maximum atomic E-state index is 16.6. The predicted octanol–water partition coefficient (Wildman–Crippen LogP) is 11.5. The van der Waals surface area contributed by atoms with Gasteiger partial charge < -0.3 is 4.90 Å². The molecule has 2 aliphatic rings. The third-order valence-electron chi connectivity index (χ3n) is 11.4. The molecule has 1 aliphatic carbocycles. The monoisotopic (exact) mass is 797 g/mol. The highest BCUT2D eigenvalue weighted by Crippen LogP contribution is 2.41. The first-order valence-corrected chi connectivity index (χ1v) is 20.1. The zero-order chi connectivity index (χ0) is 42.2. The summed E-state index contributed by atoms with van der Waals surface area (Å²) >= 11 is 0. The van der Waals surface area contributed by atoms with Crippen LogP contribution in [0.4, 0.5) is 8.78 Å². The van der Waals surface area contributed by atoms with E-state index < -0.39 is 11.6 Å². The molecule has 7 aromatic rings. The van der Waals surface area contributed by atoms with Gasteiger partial charge in [0.05, 0.1) is 22.9 Å². The van der Waals surface area contributed by atoms with Crippen LogP contribution in [0.25, 0.3) is 80.4 Å². The van der Waals surface area contributed by atoms with Gasteiger partial charge in [-0.05, 0) is 123 Å². The molecule has 0 spiro atoms. The molecule has 0 amide bonds. The molecule has 7 heteroatoms. The van der Waals surface area contributed by atoms with Crippen LogP contribution in [0, 0.1) is 18.6 Å². The minimum Gasteiger partial charge on any atom is -0.368 e. The van der Waals surface area contributed by atoms with E-state index in [0.29, 0.717) is 22.5 Å². The van der Waals surface area contributed by atoms with Crippen LogP contribution in [-0.2, 0) is 0 Å². The van der Waals surface area contributed by atoms with Gasteiger partial charge in [0, 0.05) is 24.4 Å². The number of allylic oxidation sites excluding steroid dienone is 6. The Morgan fingerprint density at radius 3 is 2.26 bits per heavy atom. The highest BCUT2D eigenvalue weighted by atomic mass is 19.1. The Bertz CT molecular complexity index is 3210. The summed E-state index contributed by atoms with van der Waals surface area (Å²) in [5, 5.41) is 3.93. The van der Waals surface area contributed by atoms with E-state index in [9.17, 15) is 0 Å². The van der Waals surface area contributed by atoms with E-state index in [2.05, 4.69) is 30.2 Å². The summed E-state index contributed by atoms with van der Waals surface area (Å²) in [4.78, 5) is 21.3. The lowest BCUT2D eigenvalue weighted by atomic mass is 9.86. The Morgan fingerprint density at radius 1 is 0.770 bits per heavy atom. The number of aromatic nitrogens is 4. The minimum absolute atomic E-state index is 0.0329. The van der Waals surface area contributed by atoms with Crippen LogP contribution in [0.2, 0.25) is 0 Å². The van der Waals surface area contributed by atoms with Crippen LogP contribution in [0.5, 0.6) is 0 Å². The first-order valence-electron chi connectivity index (χ1n) is 20.1. The Hall–Kier alpha value is -7.64. The van der Waals surface area contributed by atoms with Crippen LogP contribution in [-0.4, -0.2) is 31.9 Å². The lowest BCUT2D eigenvalue weighted by Crippen LogP contribution is -2.26. The highest BCUT2D eigenvalue weighted by molar-refractivity contribution is 5.87. The smallest absolute Gasteiger partial charge is 0.167 e. The quantitative estimate of drug-likeness (QED) is 0.143. The molecule has 9 rings (SSSR count). The zero-order valence-corrected chi connectivity index (χ0v) is 34.1. The third-order valence-corrected chi connectivity index (χ3v) is 11.4. The van der Waals surface area contributed by atoms with Gasteiger partial charge in [-0.15, -0.1) is 0 Å². The van der Waals surface area contributed by atoms with Crippen molar-refractivity contribution in [3.8, 4) is 45.3 Å². The first kappa shape index (κ1) is 38.9. The van der Waals surface area contributed by atoms with Gasteiger partial charge in [-0.1, -0.05) is 122 Å². The van der Waals surface area contributed by atoms with Gasteiger partial charge >= 0.3 is 0 Å². The molecule has 5 nitrogen and oxygen atoms in total. The molecule has 0 bridgehead atoms. The maximum absolute atomic E-state index is 16.6. The van der Waals surface area contributed by atoms with Crippen molar-refractivity contribution in [3.05, 3.63) is 214 Å². The number of halogens is 2. The summed E-state index contributed by atoms with van der Waals surface area (Å²) in [6, 6.07) is 29.8. The number of benzene rings is 5. The normalized spacial score (nSPS) is 15.0. The third kappa shape index (κ3) is 7.25. The van der Waals surface area contributed by atoms with Crippen molar-refractivity contribution in [2.75, 3.05) is 7.05 Å². The fourth-order valence-electron chi connectivity index (χ4n) is 8.20. The van der Waals surface area contributed by atoms with E-state index in [0.717, 1.165) is 60.3 Å². The SMILES string of the molecule is C=C/C=C(/c1ccc(-c2nc(-c3ccc4ccccc4c3)nc(-c3ccc(-c4ccnc5c4C=CC4=CC=CN(C)C45)cc3F)n2)c(F)c1)c1cc/c(=C/C=C\C)c(=C)c1C. The Kier molecular flexibility index (Phi) is 10.3. The summed E-state index contributed by atoms with van der Waals surface area (Å²) in [7, 11) is 2.03. The molecule has 5 aromatic carbocycles. The van der Waals surface area contributed by atoms with Crippen LogP contribution in [0.3, 0.4) is 0 Å². The predicted molar refractivity (Wildman–Crippen MR) is 246 cm³/mol. The molecule has 0 saturated carbocycles.